The number of esters is 1. The fourth-order valence-corrected chi connectivity index (χ4v) is 2.61. The third-order valence-electron chi connectivity index (χ3n) is 4.11. The van der Waals surface area contributed by atoms with E-state index >= 15 is 0 Å². The van der Waals surface area contributed by atoms with Gasteiger partial charge in [0.15, 0.2) is 5.78 Å². The van der Waals surface area contributed by atoms with E-state index in [9.17, 15) is 9.59 Å². The highest BCUT2D eigenvalue weighted by Crippen LogP contribution is 2.39. The van der Waals surface area contributed by atoms with Crippen LogP contribution in [0.4, 0.5) is 0 Å². The summed E-state index contributed by atoms with van der Waals surface area (Å²) >= 11 is 0. The molecule has 3 heteroatoms. The number of ether oxygens (including phenoxy) is 1. The lowest BCUT2D eigenvalue weighted by Crippen LogP contribution is -2.24. The van der Waals surface area contributed by atoms with Gasteiger partial charge in [-0.15, -0.1) is 0 Å². The van der Waals surface area contributed by atoms with Crippen LogP contribution in [0.1, 0.15) is 66.7 Å². The molecule has 1 atom stereocenters. The topological polar surface area (TPSA) is 43.4 Å². The third kappa shape index (κ3) is 5.14. The first-order valence-corrected chi connectivity index (χ1v) is 7.90. The van der Waals surface area contributed by atoms with Crippen LogP contribution in [0.5, 0.6) is 0 Å². The average Bonchev–Trinajstić information content (AvgIpc) is 2.40. The standard InChI is InChI=1S/C18H28O3/c1-6-7-8-17(20)21-13(2)9-10-15-14(3)16(19)11-12-18(15,4)5/h9-10,13H,6-8,11-12H2,1-5H3/b10-9+. The zero-order valence-corrected chi connectivity index (χ0v) is 14.0. The first kappa shape index (κ1) is 17.7. The van der Waals surface area contributed by atoms with E-state index in [2.05, 4.69) is 13.8 Å². The lowest BCUT2D eigenvalue weighted by atomic mass is 9.72. The second kappa shape index (κ2) is 7.58. The van der Waals surface area contributed by atoms with Gasteiger partial charge in [0, 0.05) is 12.8 Å². The van der Waals surface area contributed by atoms with Gasteiger partial charge in [-0.1, -0.05) is 33.3 Å². The summed E-state index contributed by atoms with van der Waals surface area (Å²) in [4.78, 5) is 23.4. The van der Waals surface area contributed by atoms with E-state index in [0.717, 1.165) is 30.4 Å². The number of rotatable bonds is 6. The van der Waals surface area contributed by atoms with Gasteiger partial charge in [0.1, 0.15) is 6.10 Å². The molecule has 0 amide bonds. The highest BCUT2D eigenvalue weighted by Gasteiger charge is 2.30. The Balaban J connectivity index is 2.71. The van der Waals surface area contributed by atoms with Gasteiger partial charge in [-0.25, -0.2) is 0 Å². The number of Topliss-reactive ketones (excluding diaryl/α,β-unsaturated/α-hetero) is 1. The quantitative estimate of drug-likeness (QED) is 0.683. The second-order valence-electron chi connectivity index (χ2n) is 6.50. The second-order valence-corrected chi connectivity index (χ2v) is 6.50. The van der Waals surface area contributed by atoms with Crippen LogP contribution in [0.2, 0.25) is 0 Å². The van der Waals surface area contributed by atoms with Gasteiger partial charge in [-0.05, 0) is 49.3 Å². The molecule has 0 radical (unpaired) electrons. The predicted octanol–water partition coefficient (Wildman–Crippen LogP) is 4.37. The molecule has 1 aliphatic rings. The largest absolute Gasteiger partial charge is 0.458 e. The number of ketones is 1. The Morgan fingerprint density at radius 2 is 2.10 bits per heavy atom. The van der Waals surface area contributed by atoms with Crippen LogP contribution in [0.15, 0.2) is 23.3 Å². The molecule has 0 aromatic rings. The molecule has 0 spiro atoms. The molecule has 21 heavy (non-hydrogen) atoms. The zero-order chi connectivity index (χ0) is 16.0. The molecule has 1 aliphatic carbocycles. The summed E-state index contributed by atoms with van der Waals surface area (Å²) in [5, 5.41) is 0. The van der Waals surface area contributed by atoms with Crippen LogP contribution < -0.4 is 0 Å². The van der Waals surface area contributed by atoms with Gasteiger partial charge in [-0.3, -0.25) is 9.59 Å². The fraction of sp³-hybridized carbons (Fsp3) is 0.667. The molecule has 0 aromatic carbocycles. The maximum absolute atomic E-state index is 11.9. The maximum atomic E-state index is 11.9. The van der Waals surface area contributed by atoms with Crippen molar-refractivity contribution in [1.82, 2.24) is 0 Å². The number of hydrogen-bond donors (Lipinski definition) is 0. The van der Waals surface area contributed by atoms with Crippen molar-refractivity contribution < 1.29 is 14.3 Å². The fourth-order valence-electron chi connectivity index (χ4n) is 2.61. The molecular weight excluding hydrogens is 264 g/mol. The number of carbonyl (C=O) groups is 2. The summed E-state index contributed by atoms with van der Waals surface area (Å²) in [6, 6.07) is 0. The first-order chi connectivity index (χ1) is 9.77. The molecular formula is C18H28O3. The van der Waals surface area contributed by atoms with Crippen molar-refractivity contribution in [3.8, 4) is 0 Å². The molecule has 0 saturated carbocycles. The lowest BCUT2D eigenvalue weighted by molar-refractivity contribution is -0.146. The summed E-state index contributed by atoms with van der Waals surface area (Å²) < 4.78 is 5.34. The molecule has 1 unspecified atom stereocenters. The number of carbonyl (C=O) groups excluding carboxylic acids is 2. The van der Waals surface area contributed by atoms with Crippen molar-refractivity contribution in [3.63, 3.8) is 0 Å². The molecule has 0 bridgehead atoms. The van der Waals surface area contributed by atoms with Crippen LogP contribution in [-0.2, 0) is 14.3 Å². The molecule has 0 heterocycles. The molecule has 0 fully saturated rings. The Bertz CT molecular complexity index is 455. The minimum absolute atomic E-state index is 0.000429. The monoisotopic (exact) mass is 292 g/mol. The van der Waals surface area contributed by atoms with Crippen molar-refractivity contribution in [2.24, 2.45) is 5.41 Å². The van der Waals surface area contributed by atoms with Crippen molar-refractivity contribution in [3.05, 3.63) is 23.3 Å². The highest BCUT2D eigenvalue weighted by molar-refractivity contribution is 5.97. The van der Waals surface area contributed by atoms with Gasteiger partial charge < -0.3 is 4.74 Å². The Morgan fingerprint density at radius 1 is 1.43 bits per heavy atom. The van der Waals surface area contributed by atoms with E-state index in [1.807, 2.05) is 32.9 Å². The van der Waals surface area contributed by atoms with Gasteiger partial charge >= 0.3 is 5.97 Å². The van der Waals surface area contributed by atoms with Gasteiger partial charge in [0.2, 0.25) is 0 Å². The van der Waals surface area contributed by atoms with Crippen LogP contribution in [0.25, 0.3) is 0 Å². The Hall–Kier alpha value is -1.38. The minimum atomic E-state index is -0.262. The predicted molar refractivity (Wildman–Crippen MR) is 84.9 cm³/mol. The van der Waals surface area contributed by atoms with E-state index in [1.165, 1.54) is 0 Å². The molecule has 0 saturated heterocycles. The minimum Gasteiger partial charge on any atom is -0.458 e. The summed E-state index contributed by atoms with van der Waals surface area (Å²) in [6.45, 7) is 10.1. The van der Waals surface area contributed by atoms with Gasteiger partial charge in [0.25, 0.3) is 0 Å². The van der Waals surface area contributed by atoms with Gasteiger partial charge in [-0.2, -0.15) is 0 Å². The van der Waals surface area contributed by atoms with Crippen LogP contribution in [0, 0.1) is 5.41 Å². The summed E-state index contributed by atoms with van der Waals surface area (Å²) in [5.74, 6) is 0.0697. The lowest BCUT2D eigenvalue weighted by Gasteiger charge is -2.32. The highest BCUT2D eigenvalue weighted by atomic mass is 16.5. The normalized spacial score (nSPS) is 20.0. The van der Waals surface area contributed by atoms with Crippen LogP contribution in [-0.4, -0.2) is 17.9 Å². The average molecular weight is 292 g/mol. The van der Waals surface area contributed by atoms with E-state index in [-0.39, 0.29) is 23.3 Å². The Morgan fingerprint density at radius 3 is 2.71 bits per heavy atom. The van der Waals surface area contributed by atoms with Crippen molar-refractivity contribution in [1.29, 1.82) is 0 Å². The van der Waals surface area contributed by atoms with Gasteiger partial charge in [0.05, 0.1) is 0 Å². The van der Waals surface area contributed by atoms with E-state index < -0.39 is 0 Å². The van der Waals surface area contributed by atoms with Crippen LogP contribution >= 0.6 is 0 Å². The molecule has 1 rings (SSSR count). The first-order valence-electron chi connectivity index (χ1n) is 7.90. The third-order valence-corrected chi connectivity index (χ3v) is 4.11. The Labute approximate surface area is 128 Å². The molecule has 0 aliphatic heterocycles. The molecule has 0 N–H and O–H groups in total. The maximum Gasteiger partial charge on any atom is 0.306 e. The molecule has 3 nitrogen and oxygen atoms in total. The van der Waals surface area contributed by atoms with E-state index in [4.69, 9.17) is 4.74 Å². The smallest absolute Gasteiger partial charge is 0.306 e. The van der Waals surface area contributed by atoms with Crippen molar-refractivity contribution >= 4 is 11.8 Å². The summed E-state index contributed by atoms with van der Waals surface area (Å²) in [6.07, 6.45) is 7.39. The zero-order valence-electron chi connectivity index (χ0n) is 14.0. The van der Waals surface area contributed by atoms with E-state index in [0.29, 0.717) is 12.8 Å². The van der Waals surface area contributed by atoms with Crippen molar-refractivity contribution in [2.45, 2.75) is 72.8 Å². The molecule has 118 valence electrons. The van der Waals surface area contributed by atoms with Crippen molar-refractivity contribution in [2.75, 3.05) is 0 Å². The number of hydrogen-bond acceptors (Lipinski definition) is 3. The number of unbranched alkanes of at least 4 members (excludes halogenated alkanes) is 1. The SMILES string of the molecule is CCCCC(=O)OC(C)/C=C/C1=C(C)C(=O)CCC1(C)C. The van der Waals surface area contributed by atoms with E-state index in [1.54, 1.807) is 0 Å². The molecule has 0 aromatic heterocycles. The summed E-state index contributed by atoms with van der Waals surface area (Å²) in [7, 11) is 0. The summed E-state index contributed by atoms with van der Waals surface area (Å²) in [5.41, 5.74) is 1.91. The number of allylic oxidation sites excluding steroid dienone is 3. The van der Waals surface area contributed by atoms with Crippen LogP contribution in [0.3, 0.4) is 0 Å². The Kier molecular flexibility index (Phi) is 6.38.